The molecule has 166 valence electrons. The Bertz CT molecular complexity index is 1030. The third-order valence-corrected chi connectivity index (χ3v) is 5.99. The molecule has 1 amide bonds. The molecule has 2 aromatic carbocycles. The van der Waals surface area contributed by atoms with Gasteiger partial charge in [0.05, 0.1) is 24.8 Å². The molecule has 0 saturated carbocycles. The second-order valence-electron chi connectivity index (χ2n) is 7.78. The minimum Gasteiger partial charge on any atom is -0.503 e. The van der Waals surface area contributed by atoms with Crippen molar-refractivity contribution >= 4 is 29.4 Å². The van der Waals surface area contributed by atoms with Gasteiger partial charge in [-0.3, -0.25) is 14.5 Å². The van der Waals surface area contributed by atoms with Gasteiger partial charge in [0.25, 0.3) is 5.91 Å². The van der Waals surface area contributed by atoms with Crippen molar-refractivity contribution in [1.82, 2.24) is 9.80 Å². The van der Waals surface area contributed by atoms with Crippen molar-refractivity contribution in [3.8, 4) is 0 Å². The number of carbonyl (C=O) groups excluding carboxylic acids is 2. The molecule has 2 aliphatic heterocycles. The van der Waals surface area contributed by atoms with Crippen LogP contribution in [0.2, 0.25) is 5.02 Å². The van der Waals surface area contributed by atoms with Crippen LogP contribution in [0.3, 0.4) is 0 Å². The number of aliphatic hydroxyl groups is 1. The number of amides is 1. The highest BCUT2D eigenvalue weighted by Crippen LogP contribution is 2.38. The summed E-state index contributed by atoms with van der Waals surface area (Å²) in [5.74, 6) is -1.42. The zero-order chi connectivity index (χ0) is 22.5. The number of morpholine rings is 1. The summed E-state index contributed by atoms with van der Waals surface area (Å²) in [5.41, 5.74) is 1.68. The number of benzene rings is 2. The summed E-state index contributed by atoms with van der Waals surface area (Å²) in [7, 11) is 0. The summed E-state index contributed by atoms with van der Waals surface area (Å²) in [4.78, 5) is 29.9. The lowest BCUT2D eigenvalue weighted by atomic mass is 9.95. The number of aliphatic hydroxyl groups excluding tert-OH is 1. The fourth-order valence-corrected chi connectivity index (χ4v) is 4.15. The molecule has 0 bridgehead atoms. The van der Waals surface area contributed by atoms with Crippen molar-refractivity contribution in [1.29, 1.82) is 0 Å². The standard InChI is InChI=1S/C25H25ClN2O4/c26-20-9-7-19(8-10-20)23-22(21(29)11-6-18-4-2-1-3-5-18)24(30)25(31)28(23)13-12-27-14-16-32-17-15-27/h1-11,23,30H,12-17H2/b11-6+. The van der Waals surface area contributed by atoms with Crippen molar-refractivity contribution in [2.24, 2.45) is 0 Å². The van der Waals surface area contributed by atoms with Gasteiger partial charge in [0.1, 0.15) is 0 Å². The third kappa shape index (κ3) is 4.93. The van der Waals surface area contributed by atoms with Gasteiger partial charge in [0, 0.05) is 31.2 Å². The van der Waals surface area contributed by atoms with Crippen LogP contribution in [0.1, 0.15) is 17.2 Å². The lowest BCUT2D eigenvalue weighted by Gasteiger charge is -2.31. The number of carbonyl (C=O) groups is 2. The van der Waals surface area contributed by atoms with Crippen LogP contribution in [0.5, 0.6) is 0 Å². The van der Waals surface area contributed by atoms with E-state index in [0.29, 0.717) is 31.3 Å². The first kappa shape index (κ1) is 22.3. The molecule has 0 spiro atoms. The predicted molar refractivity (Wildman–Crippen MR) is 123 cm³/mol. The number of rotatable bonds is 7. The highest BCUT2D eigenvalue weighted by Gasteiger charge is 2.42. The van der Waals surface area contributed by atoms with Gasteiger partial charge >= 0.3 is 0 Å². The van der Waals surface area contributed by atoms with Gasteiger partial charge in [0.15, 0.2) is 11.5 Å². The first-order chi connectivity index (χ1) is 15.5. The molecule has 32 heavy (non-hydrogen) atoms. The van der Waals surface area contributed by atoms with E-state index in [1.54, 1.807) is 35.2 Å². The quantitative estimate of drug-likeness (QED) is 0.649. The number of ketones is 1. The number of ether oxygens (including phenoxy) is 1. The first-order valence-electron chi connectivity index (χ1n) is 10.6. The first-order valence-corrected chi connectivity index (χ1v) is 11.0. The molecule has 1 atom stereocenters. The van der Waals surface area contributed by atoms with Crippen LogP contribution in [0, 0.1) is 0 Å². The van der Waals surface area contributed by atoms with Crippen molar-refractivity contribution < 1.29 is 19.4 Å². The van der Waals surface area contributed by atoms with Crippen molar-refractivity contribution in [3.63, 3.8) is 0 Å². The van der Waals surface area contributed by atoms with E-state index in [1.165, 1.54) is 6.08 Å². The molecule has 0 radical (unpaired) electrons. The molecule has 6 nitrogen and oxygen atoms in total. The van der Waals surface area contributed by atoms with E-state index in [4.69, 9.17) is 16.3 Å². The maximum Gasteiger partial charge on any atom is 0.290 e. The van der Waals surface area contributed by atoms with E-state index in [0.717, 1.165) is 24.2 Å². The Labute approximate surface area is 192 Å². The van der Waals surface area contributed by atoms with Crippen LogP contribution in [-0.2, 0) is 14.3 Å². The number of allylic oxidation sites excluding steroid dienone is 1. The van der Waals surface area contributed by atoms with Gasteiger partial charge < -0.3 is 14.7 Å². The fourth-order valence-electron chi connectivity index (χ4n) is 4.03. The monoisotopic (exact) mass is 452 g/mol. The minimum absolute atomic E-state index is 0.0893. The van der Waals surface area contributed by atoms with E-state index in [9.17, 15) is 14.7 Å². The number of hydrogen-bond acceptors (Lipinski definition) is 5. The summed E-state index contributed by atoms with van der Waals surface area (Å²) in [6, 6.07) is 15.8. The highest BCUT2D eigenvalue weighted by molar-refractivity contribution is 6.30. The molecule has 4 rings (SSSR count). The van der Waals surface area contributed by atoms with E-state index < -0.39 is 23.5 Å². The van der Waals surface area contributed by atoms with Gasteiger partial charge in [-0.05, 0) is 29.3 Å². The van der Waals surface area contributed by atoms with Crippen molar-refractivity contribution in [3.05, 3.63) is 88.2 Å². The molecule has 1 unspecified atom stereocenters. The van der Waals surface area contributed by atoms with Crippen molar-refractivity contribution in [2.75, 3.05) is 39.4 Å². The van der Waals surface area contributed by atoms with E-state index in [1.807, 2.05) is 30.3 Å². The molecular weight excluding hydrogens is 428 g/mol. The molecule has 1 saturated heterocycles. The summed E-state index contributed by atoms with van der Waals surface area (Å²) >= 11 is 6.05. The molecule has 0 aliphatic carbocycles. The number of halogens is 1. The third-order valence-electron chi connectivity index (χ3n) is 5.74. The Balaban J connectivity index is 1.61. The average Bonchev–Trinajstić information content (AvgIpc) is 3.08. The maximum atomic E-state index is 13.1. The lowest BCUT2D eigenvalue weighted by molar-refractivity contribution is -0.129. The van der Waals surface area contributed by atoms with Gasteiger partial charge in [-0.15, -0.1) is 0 Å². The molecule has 2 aromatic rings. The van der Waals surface area contributed by atoms with Crippen LogP contribution in [0.15, 0.2) is 72.0 Å². The zero-order valence-electron chi connectivity index (χ0n) is 17.6. The van der Waals surface area contributed by atoms with Crippen LogP contribution < -0.4 is 0 Å². The smallest absolute Gasteiger partial charge is 0.290 e. The number of nitrogens with zero attached hydrogens (tertiary/aromatic N) is 2. The van der Waals surface area contributed by atoms with E-state index >= 15 is 0 Å². The second kappa shape index (κ2) is 10.1. The Hall–Kier alpha value is -2.93. The molecule has 2 heterocycles. The Morgan fingerprint density at radius 1 is 1.06 bits per heavy atom. The highest BCUT2D eigenvalue weighted by atomic mass is 35.5. The largest absolute Gasteiger partial charge is 0.503 e. The Morgan fingerprint density at radius 3 is 2.44 bits per heavy atom. The topological polar surface area (TPSA) is 70.1 Å². The summed E-state index contributed by atoms with van der Waals surface area (Å²) < 4.78 is 5.39. The van der Waals surface area contributed by atoms with Crippen LogP contribution in [0.4, 0.5) is 0 Å². The summed E-state index contributed by atoms with van der Waals surface area (Å²) in [6.07, 6.45) is 3.09. The van der Waals surface area contributed by atoms with Gasteiger partial charge in [-0.2, -0.15) is 0 Å². The molecule has 1 fully saturated rings. The van der Waals surface area contributed by atoms with Crippen LogP contribution in [0.25, 0.3) is 6.08 Å². The van der Waals surface area contributed by atoms with E-state index in [2.05, 4.69) is 4.90 Å². The summed E-state index contributed by atoms with van der Waals surface area (Å²) in [5, 5.41) is 11.3. The van der Waals surface area contributed by atoms with Gasteiger partial charge in [-0.1, -0.05) is 60.1 Å². The average molecular weight is 453 g/mol. The van der Waals surface area contributed by atoms with Crippen molar-refractivity contribution in [2.45, 2.75) is 6.04 Å². The molecule has 7 heteroatoms. The Kier molecular flexibility index (Phi) is 7.05. The molecule has 2 aliphatic rings. The lowest BCUT2D eigenvalue weighted by Crippen LogP contribution is -2.43. The van der Waals surface area contributed by atoms with E-state index in [-0.39, 0.29) is 5.57 Å². The minimum atomic E-state index is -0.672. The van der Waals surface area contributed by atoms with Gasteiger partial charge in [-0.25, -0.2) is 0 Å². The van der Waals surface area contributed by atoms with Gasteiger partial charge in [0.2, 0.25) is 0 Å². The zero-order valence-corrected chi connectivity index (χ0v) is 18.4. The summed E-state index contributed by atoms with van der Waals surface area (Å²) in [6.45, 7) is 3.92. The molecule has 1 N–H and O–H groups in total. The van der Waals surface area contributed by atoms with Crippen LogP contribution >= 0.6 is 11.6 Å². The SMILES string of the molecule is O=C(/C=C/c1ccccc1)C1=C(O)C(=O)N(CCN2CCOCC2)C1c1ccc(Cl)cc1. The van der Waals surface area contributed by atoms with Crippen LogP contribution in [-0.4, -0.2) is 66.0 Å². The Morgan fingerprint density at radius 2 is 1.75 bits per heavy atom. The second-order valence-corrected chi connectivity index (χ2v) is 8.21. The predicted octanol–water partition coefficient (Wildman–Crippen LogP) is 3.65. The fraction of sp³-hybridized carbons (Fsp3) is 0.280. The molecular formula is C25H25ClN2O4. The number of hydrogen-bond donors (Lipinski definition) is 1. The normalized spacial score (nSPS) is 19.8. The molecule has 0 aromatic heterocycles. The maximum absolute atomic E-state index is 13.1.